The third-order valence-corrected chi connectivity index (χ3v) is 6.23. The SMILES string of the molecule is CCCOC1(OCCC)CCCCCCCC1.Cc1ccc(P)c(C)c1C.Cl. The van der Waals surface area contributed by atoms with E-state index in [1.165, 1.54) is 60.5 Å². The Balaban J connectivity index is 0.000000567. The molecule has 28 heavy (non-hydrogen) atoms. The normalized spacial score (nSPS) is 16.6. The number of hydrogen-bond acceptors (Lipinski definition) is 2. The Bertz CT molecular complexity index is 487. The average Bonchev–Trinajstić information content (AvgIpc) is 2.79. The summed E-state index contributed by atoms with van der Waals surface area (Å²) in [6.45, 7) is 12.5. The van der Waals surface area contributed by atoms with Gasteiger partial charge in [0.15, 0.2) is 5.79 Å². The highest BCUT2D eigenvalue weighted by molar-refractivity contribution is 7.27. The molecule has 1 atom stereocenters. The van der Waals surface area contributed by atoms with Crippen LogP contribution >= 0.6 is 21.6 Å². The van der Waals surface area contributed by atoms with Gasteiger partial charge < -0.3 is 9.47 Å². The molecule has 1 aliphatic carbocycles. The van der Waals surface area contributed by atoms with E-state index in [9.17, 15) is 0 Å². The van der Waals surface area contributed by atoms with Gasteiger partial charge in [0.2, 0.25) is 0 Å². The Morgan fingerprint density at radius 1 is 0.786 bits per heavy atom. The number of aryl methyl sites for hydroxylation is 1. The van der Waals surface area contributed by atoms with Gasteiger partial charge in [-0.05, 0) is 68.4 Å². The Hall–Kier alpha value is -0.140. The molecule has 2 rings (SSSR count). The van der Waals surface area contributed by atoms with E-state index in [0.29, 0.717) is 0 Å². The van der Waals surface area contributed by atoms with Crippen LogP contribution in [-0.4, -0.2) is 19.0 Å². The van der Waals surface area contributed by atoms with E-state index in [2.05, 4.69) is 56.0 Å². The first-order chi connectivity index (χ1) is 13.0. The van der Waals surface area contributed by atoms with E-state index in [-0.39, 0.29) is 18.2 Å². The molecule has 0 aromatic heterocycles. The van der Waals surface area contributed by atoms with Crippen molar-refractivity contribution in [1.82, 2.24) is 0 Å². The quantitative estimate of drug-likeness (QED) is 0.350. The molecule has 0 spiro atoms. The predicted molar refractivity (Wildman–Crippen MR) is 129 cm³/mol. The molecule has 0 radical (unpaired) electrons. The monoisotopic (exact) mass is 430 g/mol. The molecule has 0 bridgehead atoms. The van der Waals surface area contributed by atoms with Gasteiger partial charge in [0.25, 0.3) is 0 Å². The lowest BCUT2D eigenvalue weighted by atomic mass is 10.0. The van der Waals surface area contributed by atoms with Crippen LogP contribution in [0, 0.1) is 20.8 Å². The fourth-order valence-electron chi connectivity index (χ4n) is 3.50. The van der Waals surface area contributed by atoms with Crippen LogP contribution in [0.25, 0.3) is 0 Å². The van der Waals surface area contributed by atoms with Crippen LogP contribution in [-0.2, 0) is 9.47 Å². The molecule has 1 saturated carbocycles. The van der Waals surface area contributed by atoms with Crippen LogP contribution in [0.2, 0.25) is 0 Å². The maximum atomic E-state index is 6.09. The lowest BCUT2D eigenvalue weighted by Gasteiger charge is -2.34. The Labute approximate surface area is 183 Å². The fraction of sp³-hybridized carbons (Fsp3) is 0.750. The maximum Gasteiger partial charge on any atom is 0.168 e. The van der Waals surface area contributed by atoms with Gasteiger partial charge in [-0.15, -0.1) is 21.6 Å². The van der Waals surface area contributed by atoms with Crippen molar-refractivity contribution in [2.45, 2.75) is 105 Å². The van der Waals surface area contributed by atoms with Crippen LogP contribution in [0.4, 0.5) is 0 Å². The zero-order chi connectivity index (χ0) is 20.1. The summed E-state index contributed by atoms with van der Waals surface area (Å²) in [5, 5.41) is 1.31. The summed E-state index contributed by atoms with van der Waals surface area (Å²) in [5.41, 5.74) is 4.18. The van der Waals surface area contributed by atoms with Gasteiger partial charge in [-0.2, -0.15) is 0 Å². The zero-order valence-electron chi connectivity index (χ0n) is 18.9. The number of hydrogen-bond donors (Lipinski definition) is 0. The summed E-state index contributed by atoms with van der Waals surface area (Å²) in [5.74, 6) is -0.254. The fourth-order valence-corrected chi connectivity index (χ4v) is 3.82. The smallest absolute Gasteiger partial charge is 0.168 e. The molecular formula is C24H44ClO2P. The van der Waals surface area contributed by atoms with Gasteiger partial charge in [-0.3, -0.25) is 0 Å². The van der Waals surface area contributed by atoms with Crippen molar-refractivity contribution >= 4 is 27.0 Å². The van der Waals surface area contributed by atoms with E-state index in [0.717, 1.165) is 38.9 Å². The number of halogens is 1. The van der Waals surface area contributed by atoms with E-state index in [1.54, 1.807) is 0 Å². The van der Waals surface area contributed by atoms with E-state index in [4.69, 9.17) is 9.47 Å². The first-order valence-corrected chi connectivity index (χ1v) is 11.6. The van der Waals surface area contributed by atoms with E-state index in [1.807, 2.05) is 0 Å². The number of rotatable bonds is 6. The maximum absolute atomic E-state index is 6.09. The largest absolute Gasteiger partial charge is 0.350 e. The zero-order valence-corrected chi connectivity index (χ0v) is 20.9. The molecule has 4 heteroatoms. The summed E-state index contributed by atoms with van der Waals surface area (Å²) >= 11 is 0. The highest BCUT2D eigenvalue weighted by Gasteiger charge is 2.31. The third kappa shape index (κ3) is 10.1. The van der Waals surface area contributed by atoms with E-state index < -0.39 is 0 Å². The van der Waals surface area contributed by atoms with Gasteiger partial charge in [0.1, 0.15) is 0 Å². The molecule has 1 aliphatic rings. The third-order valence-electron chi connectivity index (χ3n) is 5.60. The highest BCUT2D eigenvalue weighted by atomic mass is 35.5. The van der Waals surface area contributed by atoms with Crippen LogP contribution < -0.4 is 5.30 Å². The molecule has 1 aromatic rings. The standard InChI is InChI=1S/C15H30O2.C9H13P.ClH/c1-3-13-16-15(17-14-4-2)11-9-7-5-6-8-10-12-15;1-6-4-5-9(10)8(3)7(6)2;/h3-14H2,1-2H3;4-5H,10H2,1-3H3;1H. The van der Waals surface area contributed by atoms with Gasteiger partial charge >= 0.3 is 0 Å². The number of ether oxygens (including phenoxy) is 2. The first-order valence-electron chi connectivity index (χ1n) is 11.1. The highest BCUT2D eigenvalue weighted by Crippen LogP contribution is 2.30. The van der Waals surface area contributed by atoms with Crippen LogP contribution in [0.1, 0.15) is 94.7 Å². The van der Waals surface area contributed by atoms with Gasteiger partial charge in [0, 0.05) is 26.1 Å². The number of benzene rings is 1. The van der Waals surface area contributed by atoms with E-state index >= 15 is 0 Å². The molecule has 0 N–H and O–H groups in total. The molecule has 1 fully saturated rings. The molecule has 0 heterocycles. The van der Waals surface area contributed by atoms with Gasteiger partial charge in [-0.1, -0.05) is 51.7 Å². The summed E-state index contributed by atoms with van der Waals surface area (Å²) in [6.07, 6.45) is 12.3. The molecule has 0 aliphatic heterocycles. The molecule has 1 unspecified atom stereocenters. The topological polar surface area (TPSA) is 18.5 Å². The summed E-state index contributed by atoms with van der Waals surface area (Å²) in [4.78, 5) is 0. The van der Waals surface area contributed by atoms with Crippen molar-refractivity contribution in [3.8, 4) is 0 Å². The van der Waals surface area contributed by atoms with Crippen molar-refractivity contribution < 1.29 is 9.47 Å². The lowest BCUT2D eigenvalue weighted by Crippen LogP contribution is -2.36. The Morgan fingerprint density at radius 2 is 1.25 bits per heavy atom. The van der Waals surface area contributed by atoms with Crippen molar-refractivity contribution in [3.63, 3.8) is 0 Å². The molecule has 2 nitrogen and oxygen atoms in total. The predicted octanol–water partition coefficient (Wildman–Crippen LogP) is 7.20. The van der Waals surface area contributed by atoms with Crippen molar-refractivity contribution in [3.05, 3.63) is 28.8 Å². The minimum absolute atomic E-state index is 0. The van der Waals surface area contributed by atoms with Crippen LogP contribution in [0.3, 0.4) is 0 Å². The molecule has 164 valence electrons. The molecule has 0 saturated heterocycles. The van der Waals surface area contributed by atoms with Crippen molar-refractivity contribution in [2.75, 3.05) is 13.2 Å². The second kappa shape index (κ2) is 15.7. The van der Waals surface area contributed by atoms with Gasteiger partial charge in [-0.25, -0.2) is 0 Å². The lowest BCUT2D eigenvalue weighted by molar-refractivity contribution is -0.246. The van der Waals surface area contributed by atoms with Gasteiger partial charge in [0.05, 0.1) is 0 Å². The van der Waals surface area contributed by atoms with Crippen LogP contribution in [0.15, 0.2) is 12.1 Å². The second-order valence-electron chi connectivity index (χ2n) is 7.95. The first kappa shape index (κ1) is 27.9. The van der Waals surface area contributed by atoms with Crippen molar-refractivity contribution in [1.29, 1.82) is 0 Å². The molecule has 1 aromatic carbocycles. The Kier molecular flexibility index (Phi) is 15.6. The average molecular weight is 431 g/mol. The minimum Gasteiger partial charge on any atom is -0.350 e. The van der Waals surface area contributed by atoms with Crippen LogP contribution in [0.5, 0.6) is 0 Å². The van der Waals surface area contributed by atoms with Crippen molar-refractivity contribution in [2.24, 2.45) is 0 Å². The second-order valence-corrected chi connectivity index (χ2v) is 8.57. The Morgan fingerprint density at radius 3 is 1.68 bits per heavy atom. The minimum atomic E-state index is -0.254. The molecular weight excluding hydrogens is 387 g/mol. The molecule has 0 amide bonds. The summed E-state index contributed by atoms with van der Waals surface area (Å²) < 4.78 is 12.2. The summed E-state index contributed by atoms with van der Waals surface area (Å²) in [7, 11) is 2.74. The summed E-state index contributed by atoms with van der Waals surface area (Å²) in [6, 6.07) is 4.30.